The molecule has 3 aromatic heterocycles. The molecule has 3 heterocycles. The van der Waals surface area contributed by atoms with Crippen LogP contribution >= 0.6 is 11.3 Å². The molecule has 0 fully saturated rings. The van der Waals surface area contributed by atoms with Gasteiger partial charge < -0.3 is 10.7 Å². The summed E-state index contributed by atoms with van der Waals surface area (Å²) < 4.78 is 0.795. The van der Waals surface area contributed by atoms with Crippen LogP contribution in [-0.4, -0.2) is 21.1 Å². The van der Waals surface area contributed by atoms with Crippen LogP contribution in [0.3, 0.4) is 0 Å². The first-order valence-corrected chi connectivity index (χ1v) is 8.71. The van der Waals surface area contributed by atoms with Crippen molar-refractivity contribution in [3.63, 3.8) is 0 Å². The lowest BCUT2D eigenvalue weighted by molar-refractivity contribution is 0.0996. The number of amides is 1. The maximum atomic E-state index is 11.8. The molecule has 0 aliphatic heterocycles. The average Bonchev–Trinajstić information content (AvgIpc) is 3.25. The molecule has 4 rings (SSSR count). The van der Waals surface area contributed by atoms with Crippen molar-refractivity contribution in [1.29, 1.82) is 0 Å². The number of rotatable bonds is 4. The highest BCUT2D eigenvalue weighted by Gasteiger charge is 2.17. The molecule has 0 aliphatic rings. The fourth-order valence-electron chi connectivity index (χ4n) is 2.80. The Kier molecular flexibility index (Phi) is 3.82. The molecule has 0 atom stereocenters. The highest BCUT2D eigenvalue weighted by molar-refractivity contribution is 7.22. The van der Waals surface area contributed by atoms with Crippen LogP contribution in [0.5, 0.6) is 0 Å². The van der Waals surface area contributed by atoms with Gasteiger partial charge in [0.05, 0.1) is 10.4 Å². The number of hydrogen-bond donors (Lipinski definition) is 2. The number of aryl methyl sites for hydroxylation is 1. The monoisotopic (exact) mass is 348 g/mol. The summed E-state index contributed by atoms with van der Waals surface area (Å²) in [6, 6.07) is 12.4. The highest BCUT2D eigenvalue weighted by atomic mass is 32.1. The average molecular weight is 348 g/mol. The number of aromatic nitrogens is 3. The summed E-state index contributed by atoms with van der Waals surface area (Å²) in [7, 11) is 0. The summed E-state index contributed by atoms with van der Waals surface area (Å²) in [5.74, 6) is -0.553. The van der Waals surface area contributed by atoms with Crippen molar-refractivity contribution < 1.29 is 4.79 Å². The summed E-state index contributed by atoms with van der Waals surface area (Å²) in [5, 5.41) is 9.29. The van der Waals surface area contributed by atoms with Gasteiger partial charge in [0, 0.05) is 29.1 Å². The molecule has 3 N–H and O–H groups in total. The number of aromatic amines is 1. The van der Waals surface area contributed by atoms with Crippen LogP contribution < -0.4 is 5.73 Å². The smallest absolute Gasteiger partial charge is 0.270 e. The van der Waals surface area contributed by atoms with E-state index < -0.39 is 5.91 Å². The van der Waals surface area contributed by atoms with Crippen molar-refractivity contribution in [3.05, 3.63) is 71.3 Å². The zero-order valence-corrected chi connectivity index (χ0v) is 14.4. The Morgan fingerprint density at radius 2 is 2.00 bits per heavy atom. The molecule has 1 amide bonds. The lowest BCUT2D eigenvalue weighted by Gasteiger charge is -2.02. The number of thiophene rings is 1. The minimum Gasteiger partial charge on any atom is -0.367 e. The van der Waals surface area contributed by atoms with E-state index >= 15 is 0 Å². The van der Waals surface area contributed by atoms with Gasteiger partial charge in [0.15, 0.2) is 5.69 Å². The van der Waals surface area contributed by atoms with Crippen LogP contribution in [0.15, 0.2) is 48.8 Å². The van der Waals surface area contributed by atoms with E-state index in [9.17, 15) is 4.79 Å². The van der Waals surface area contributed by atoms with Gasteiger partial charge >= 0.3 is 0 Å². The van der Waals surface area contributed by atoms with Crippen LogP contribution in [-0.2, 0) is 6.42 Å². The van der Waals surface area contributed by atoms with E-state index in [2.05, 4.69) is 52.4 Å². The summed E-state index contributed by atoms with van der Waals surface area (Å²) in [4.78, 5) is 15.9. The number of H-pyrrole nitrogens is 1. The Balaban J connectivity index is 1.88. The van der Waals surface area contributed by atoms with E-state index in [0.29, 0.717) is 6.42 Å². The lowest BCUT2D eigenvalue weighted by atomic mass is 10.1. The Bertz CT molecular complexity index is 1050. The predicted molar refractivity (Wildman–Crippen MR) is 99.7 cm³/mol. The van der Waals surface area contributed by atoms with Crippen LogP contribution in [0, 0.1) is 6.92 Å². The largest absolute Gasteiger partial charge is 0.367 e. The first-order valence-electron chi connectivity index (χ1n) is 7.89. The SMILES string of the molecule is Cc1ccc(-c2cc3c(Cc4cc[nH]c4)nnc(C(N)=O)c3s2)cc1. The van der Waals surface area contributed by atoms with Gasteiger partial charge in [-0.05, 0) is 30.2 Å². The van der Waals surface area contributed by atoms with E-state index in [1.165, 1.54) is 16.9 Å². The Morgan fingerprint density at radius 3 is 2.68 bits per heavy atom. The van der Waals surface area contributed by atoms with Crippen molar-refractivity contribution in [2.75, 3.05) is 0 Å². The van der Waals surface area contributed by atoms with Crippen molar-refractivity contribution in [2.45, 2.75) is 13.3 Å². The van der Waals surface area contributed by atoms with E-state index in [1.807, 2.05) is 18.5 Å². The molecule has 25 heavy (non-hydrogen) atoms. The molecule has 1 aromatic carbocycles. The molecule has 6 heteroatoms. The van der Waals surface area contributed by atoms with Gasteiger partial charge in [0.2, 0.25) is 0 Å². The molecule has 0 spiro atoms. The van der Waals surface area contributed by atoms with Crippen molar-refractivity contribution >= 4 is 27.3 Å². The molecule has 0 saturated heterocycles. The summed E-state index contributed by atoms with van der Waals surface area (Å²) in [6.07, 6.45) is 4.46. The summed E-state index contributed by atoms with van der Waals surface area (Å²) >= 11 is 1.53. The van der Waals surface area contributed by atoms with Gasteiger partial charge in [-0.1, -0.05) is 29.8 Å². The molecule has 0 unspecified atom stereocenters. The van der Waals surface area contributed by atoms with E-state index in [4.69, 9.17) is 5.73 Å². The lowest BCUT2D eigenvalue weighted by Crippen LogP contribution is -2.14. The fraction of sp³-hybridized carbons (Fsp3) is 0.105. The predicted octanol–water partition coefficient (Wildman–Crippen LogP) is 3.68. The number of nitrogens with zero attached hydrogens (tertiary/aromatic N) is 2. The van der Waals surface area contributed by atoms with Crippen molar-refractivity contribution in [1.82, 2.24) is 15.2 Å². The first-order chi connectivity index (χ1) is 12.1. The number of carbonyl (C=O) groups is 1. The number of benzene rings is 1. The Labute approximate surface area is 148 Å². The standard InChI is InChI=1S/C19H16N4OS/c1-11-2-4-13(5-3-11)16-9-14-15(8-12-6-7-21-10-12)22-23-17(19(20)24)18(14)25-16/h2-7,9-10,21H,8H2,1H3,(H2,20,24). The van der Waals surface area contributed by atoms with Gasteiger partial charge in [-0.15, -0.1) is 16.4 Å². The third-order valence-electron chi connectivity index (χ3n) is 4.13. The number of fused-ring (bicyclic) bond motifs is 1. The van der Waals surface area contributed by atoms with Gasteiger partial charge in [-0.3, -0.25) is 4.79 Å². The molecule has 0 bridgehead atoms. The molecule has 4 aromatic rings. The minimum absolute atomic E-state index is 0.233. The zero-order valence-electron chi connectivity index (χ0n) is 13.6. The quantitative estimate of drug-likeness (QED) is 0.590. The zero-order chi connectivity index (χ0) is 17.4. The van der Waals surface area contributed by atoms with Crippen molar-refractivity contribution in [2.24, 2.45) is 5.73 Å². The number of hydrogen-bond acceptors (Lipinski definition) is 4. The molecular formula is C19H16N4OS. The number of carbonyl (C=O) groups excluding carboxylic acids is 1. The molecule has 5 nitrogen and oxygen atoms in total. The van der Waals surface area contributed by atoms with Crippen LogP contribution in [0.25, 0.3) is 20.5 Å². The minimum atomic E-state index is -0.553. The molecule has 0 aliphatic carbocycles. The highest BCUT2D eigenvalue weighted by Crippen LogP contribution is 2.36. The molecule has 0 radical (unpaired) electrons. The molecular weight excluding hydrogens is 332 g/mol. The first kappa shape index (κ1) is 15.5. The van der Waals surface area contributed by atoms with Crippen LogP contribution in [0.4, 0.5) is 0 Å². The normalized spacial score (nSPS) is 11.1. The van der Waals surface area contributed by atoms with Gasteiger partial charge in [-0.2, -0.15) is 5.10 Å². The second-order valence-corrected chi connectivity index (χ2v) is 7.03. The molecule has 124 valence electrons. The Hall–Kier alpha value is -2.99. The second kappa shape index (κ2) is 6.14. The van der Waals surface area contributed by atoms with Gasteiger partial charge in [0.1, 0.15) is 0 Å². The van der Waals surface area contributed by atoms with Crippen molar-refractivity contribution in [3.8, 4) is 10.4 Å². The Morgan fingerprint density at radius 1 is 1.20 bits per heavy atom. The topological polar surface area (TPSA) is 84.7 Å². The van der Waals surface area contributed by atoms with E-state index in [-0.39, 0.29) is 5.69 Å². The third kappa shape index (κ3) is 2.92. The van der Waals surface area contributed by atoms with Gasteiger partial charge in [-0.25, -0.2) is 0 Å². The fourth-order valence-corrected chi connectivity index (χ4v) is 3.98. The van der Waals surface area contributed by atoms with Crippen LogP contribution in [0.2, 0.25) is 0 Å². The summed E-state index contributed by atoms with van der Waals surface area (Å²) in [5.41, 5.74) is 10.00. The van der Waals surface area contributed by atoms with Gasteiger partial charge in [0.25, 0.3) is 5.91 Å². The van der Waals surface area contributed by atoms with E-state index in [0.717, 1.165) is 31.8 Å². The van der Waals surface area contributed by atoms with E-state index in [1.54, 1.807) is 0 Å². The maximum absolute atomic E-state index is 11.8. The third-order valence-corrected chi connectivity index (χ3v) is 5.32. The number of nitrogens with two attached hydrogens (primary N) is 1. The second-order valence-electron chi connectivity index (χ2n) is 5.98. The summed E-state index contributed by atoms with van der Waals surface area (Å²) in [6.45, 7) is 2.06. The molecule has 0 saturated carbocycles. The van der Waals surface area contributed by atoms with Crippen LogP contribution in [0.1, 0.15) is 27.3 Å². The number of nitrogens with one attached hydrogen (secondary N) is 1. The maximum Gasteiger partial charge on any atom is 0.270 e. The number of primary amides is 1.